The number of nitro groups is 1. The quantitative estimate of drug-likeness (QED) is 0.541. The summed E-state index contributed by atoms with van der Waals surface area (Å²) in [5.41, 5.74) is 0.196. The van der Waals surface area contributed by atoms with Gasteiger partial charge in [-0.15, -0.1) is 0 Å². The molecule has 1 saturated carbocycles. The van der Waals surface area contributed by atoms with E-state index in [-0.39, 0.29) is 11.6 Å². The Kier molecular flexibility index (Phi) is 1.73. The molecule has 0 amide bonds. The lowest BCUT2D eigenvalue weighted by Gasteiger charge is -1.92. The highest BCUT2D eigenvalue weighted by molar-refractivity contribution is 5.75. The summed E-state index contributed by atoms with van der Waals surface area (Å²) in [6.45, 7) is 0. The van der Waals surface area contributed by atoms with E-state index in [0.717, 1.165) is 6.20 Å². The number of aromatic nitrogens is 2. The van der Waals surface area contributed by atoms with Crippen LogP contribution in [0, 0.1) is 16.0 Å². The maximum atomic E-state index is 10.5. The van der Waals surface area contributed by atoms with Crippen molar-refractivity contribution >= 4 is 11.7 Å². The van der Waals surface area contributed by atoms with Crippen LogP contribution in [0.3, 0.4) is 0 Å². The van der Waals surface area contributed by atoms with Crippen LogP contribution in [-0.2, 0) is 4.79 Å². The second-order valence-electron chi connectivity index (χ2n) is 3.21. The van der Waals surface area contributed by atoms with Crippen molar-refractivity contribution in [2.75, 3.05) is 0 Å². The first-order chi connectivity index (χ1) is 6.61. The van der Waals surface area contributed by atoms with E-state index < -0.39 is 16.8 Å². The fourth-order valence-electron chi connectivity index (χ4n) is 1.50. The van der Waals surface area contributed by atoms with E-state index in [1.165, 1.54) is 0 Å². The molecule has 1 aromatic rings. The van der Waals surface area contributed by atoms with Gasteiger partial charge in [0.15, 0.2) is 0 Å². The summed E-state index contributed by atoms with van der Waals surface area (Å²) in [4.78, 5) is 20.5. The van der Waals surface area contributed by atoms with Crippen molar-refractivity contribution in [3.8, 4) is 0 Å². The maximum Gasteiger partial charge on any atom is 0.310 e. The van der Waals surface area contributed by atoms with Crippen molar-refractivity contribution in [1.29, 1.82) is 0 Å². The van der Waals surface area contributed by atoms with Gasteiger partial charge in [0.05, 0.1) is 10.8 Å². The minimum absolute atomic E-state index is 0.126. The molecule has 0 radical (unpaired) electrons. The normalized spacial score (nSPS) is 24.6. The second-order valence-corrected chi connectivity index (χ2v) is 3.21. The van der Waals surface area contributed by atoms with Gasteiger partial charge in [-0.3, -0.25) is 20.0 Å². The lowest BCUT2D eigenvalue weighted by Crippen LogP contribution is -2.00. The summed E-state index contributed by atoms with van der Waals surface area (Å²) < 4.78 is 0. The Morgan fingerprint density at radius 1 is 1.79 bits per heavy atom. The fourth-order valence-corrected chi connectivity index (χ4v) is 1.50. The van der Waals surface area contributed by atoms with Crippen molar-refractivity contribution in [3.05, 3.63) is 22.0 Å². The first-order valence-electron chi connectivity index (χ1n) is 4.01. The summed E-state index contributed by atoms with van der Waals surface area (Å²) in [5, 5.41) is 25.2. The molecule has 14 heavy (non-hydrogen) atoms. The highest BCUT2D eigenvalue weighted by Crippen LogP contribution is 2.49. The van der Waals surface area contributed by atoms with Crippen molar-refractivity contribution in [3.63, 3.8) is 0 Å². The summed E-state index contributed by atoms with van der Waals surface area (Å²) >= 11 is 0. The molecule has 74 valence electrons. The fraction of sp³-hybridized carbons (Fsp3) is 0.429. The molecule has 0 unspecified atom stereocenters. The molecule has 2 rings (SSSR count). The largest absolute Gasteiger partial charge is 0.481 e. The highest BCUT2D eigenvalue weighted by atomic mass is 16.6. The Bertz CT molecular complexity index is 399. The lowest BCUT2D eigenvalue weighted by molar-refractivity contribution is -0.385. The van der Waals surface area contributed by atoms with Crippen LogP contribution in [0.5, 0.6) is 0 Å². The van der Waals surface area contributed by atoms with Gasteiger partial charge in [0.25, 0.3) is 0 Å². The van der Waals surface area contributed by atoms with Gasteiger partial charge in [0.1, 0.15) is 11.9 Å². The number of hydrogen-bond donors (Lipinski definition) is 2. The van der Waals surface area contributed by atoms with Crippen molar-refractivity contribution in [1.82, 2.24) is 10.2 Å². The third-order valence-corrected chi connectivity index (χ3v) is 2.32. The molecule has 0 spiro atoms. The van der Waals surface area contributed by atoms with Gasteiger partial charge in [-0.2, -0.15) is 5.10 Å². The SMILES string of the molecule is O=C(O)[C@@H]1C[C@H]1c1[nH]ncc1[N+](=O)[O-]. The van der Waals surface area contributed by atoms with E-state index >= 15 is 0 Å². The Labute approximate surface area is 77.9 Å². The zero-order valence-corrected chi connectivity index (χ0v) is 7.01. The Morgan fingerprint density at radius 2 is 2.50 bits per heavy atom. The van der Waals surface area contributed by atoms with Crippen LogP contribution in [-0.4, -0.2) is 26.2 Å². The number of nitrogens with one attached hydrogen (secondary N) is 1. The van der Waals surface area contributed by atoms with Crippen LogP contribution in [0.2, 0.25) is 0 Å². The number of rotatable bonds is 3. The summed E-state index contributed by atoms with van der Waals surface area (Å²) in [6.07, 6.45) is 1.55. The standard InChI is InChI=1S/C7H7N3O4/c11-7(12)4-1-3(4)6-5(10(13)14)2-8-9-6/h2-4H,1H2,(H,8,9)(H,11,12)/t3-,4-/m1/s1. The van der Waals surface area contributed by atoms with Gasteiger partial charge in [-0.1, -0.05) is 0 Å². The van der Waals surface area contributed by atoms with Crippen LogP contribution < -0.4 is 0 Å². The molecule has 0 saturated heterocycles. The maximum absolute atomic E-state index is 10.5. The minimum atomic E-state index is -0.918. The van der Waals surface area contributed by atoms with Crippen LogP contribution in [0.4, 0.5) is 5.69 Å². The molecule has 7 heteroatoms. The molecule has 0 bridgehead atoms. The van der Waals surface area contributed by atoms with E-state index in [0.29, 0.717) is 12.1 Å². The summed E-state index contributed by atoms with van der Waals surface area (Å²) in [5.74, 6) is -1.71. The van der Waals surface area contributed by atoms with Gasteiger partial charge >= 0.3 is 11.7 Å². The zero-order valence-electron chi connectivity index (χ0n) is 7.01. The summed E-state index contributed by atoms with van der Waals surface area (Å²) in [7, 11) is 0. The van der Waals surface area contributed by atoms with Crippen molar-refractivity contribution in [2.45, 2.75) is 12.3 Å². The predicted molar refractivity (Wildman–Crippen MR) is 43.7 cm³/mol. The molecule has 2 atom stereocenters. The van der Waals surface area contributed by atoms with E-state index in [1.807, 2.05) is 0 Å². The minimum Gasteiger partial charge on any atom is -0.481 e. The Morgan fingerprint density at radius 3 is 3.00 bits per heavy atom. The Hall–Kier alpha value is -1.92. The molecule has 1 heterocycles. The molecule has 1 aliphatic rings. The first-order valence-corrected chi connectivity index (χ1v) is 4.01. The number of aromatic amines is 1. The van der Waals surface area contributed by atoms with Crippen molar-refractivity contribution < 1.29 is 14.8 Å². The van der Waals surface area contributed by atoms with Crippen LogP contribution in [0.1, 0.15) is 18.0 Å². The molecule has 7 nitrogen and oxygen atoms in total. The number of aliphatic carboxylic acids is 1. The number of carbonyl (C=O) groups is 1. The number of hydrogen-bond acceptors (Lipinski definition) is 4. The molecule has 1 fully saturated rings. The number of carboxylic acid groups (broad SMARTS) is 1. The van der Waals surface area contributed by atoms with Gasteiger partial charge in [-0.05, 0) is 6.42 Å². The van der Waals surface area contributed by atoms with Crippen LogP contribution >= 0.6 is 0 Å². The third-order valence-electron chi connectivity index (χ3n) is 2.32. The van der Waals surface area contributed by atoms with E-state index in [4.69, 9.17) is 5.11 Å². The average molecular weight is 197 g/mol. The van der Waals surface area contributed by atoms with E-state index in [9.17, 15) is 14.9 Å². The average Bonchev–Trinajstić information content (AvgIpc) is 2.75. The monoisotopic (exact) mass is 197 g/mol. The zero-order chi connectivity index (χ0) is 10.3. The lowest BCUT2D eigenvalue weighted by atomic mass is 10.2. The molecule has 2 N–H and O–H groups in total. The number of H-pyrrole nitrogens is 1. The van der Waals surface area contributed by atoms with E-state index in [1.54, 1.807) is 0 Å². The highest BCUT2D eigenvalue weighted by Gasteiger charge is 2.48. The first kappa shape index (κ1) is 8.67. The molecule has 0 aliphatic heterocycles. The Balaban J connectivity index is 2.23. The molecule has 0 aromatic carbocycles. The molecular weight excluding hydrogens is 190 g/mol. The van der Waals surface area contributed by atoms with Gasteiger partial charge < -0.3 is 5.11 Å². The molecule has 1 aromatic heterocycles. The topological polar surface area (TPSA) is 109 Å². The summed E-state index contributed by atoms with van der Waals surface area (Å²) in [6, 6.07) is 0. The number of carboxylic acids is 1. The second kappa shape index (κ2) is 2.79. The third kappa shape index (κ3) is 1.22. The smallest absolute Gasteiger partial charge is 0.310 e. The number of nitrogens with zero attached hydrogens (tertiary/aromatic N) is 2. The molecular formula is C7H7N3O4. The van der Waals surface area contributed by atoms with Gasteiger partial charge in [-0.25, -0.2) is 0 Å². The van der Waals surface area contributed by atoms with Gasteiger partial charge in [0.2, 0.25) is 0 Å². The van der Waals surface area contributed by atoms with Crippen LogP contribution in [0.15, 0.2) is 6.20 Å². The van der Waals surface area contributed by atoms with Crippen molar-refractivity contribution in [2.24, 2.45) is 5.92 Å². The predicted octanol–water partition coefficient (Wildman–Crippen LogP) is 0.506. The van der Waals surface area contributed by atoms with Crippen LogP contribution in [0.25, 0.3) is 0 Å². The van der Waals surface area contributed by atoms with Gasteiger partial charge in [0, 0.05) is 5.92 Å². The van der Waals surface area contributed by atoms with E-state index in [2.05, 4.69) is 10.2 Å². The molecule has 1 aliphatic carbocycles.